The van der Waals surface area contributed by atoms with Crippen LogP contribution in [-0.4, -0.2) is 37.1 Å². The van der Waals surface area contributed by atoms with E-state index < -0.39 is 0 Å². The van der Waals surface area contributed by atoms with Crippen molar-refractivity contribution < 1.29 is 14.3 Å². The first-order valence-corrected chi connectivity index (χ1v) is 7.93. The molecule has 0 bridgehead atoms. The Kier molecular flexibility index (Phi) is 5.16. The summed E-state index contributed by atoms with van der Waals surface area (Å²) in [6, 6.07) is 16.9. The lowest BCUT2D eigenvalue weighted by molar-refractivity contribution is -0.141. The van der Waals surface area contributed by atoms with E-state index in [-0.39, 0.29) is 18.6 Å². The van der Waals surface area contributed by atoms with Gasteiger partial charge in [0.25, 0.3) is 5.91 Å². The zero-order chi connectivity index (χ0) is 16.1. The molecule has 1 fully saturated rings. The van der Waals surface area contributed by atoms with Gasteiger partial charge in [0.2, 0.25) is 0 Å². The van der Waals surface area contributed by atoms with Gasteiger partial charge in [-0.1, -0.05) is 48.0 Å². The van der Waals surface area contributed by atoms with Gasteiger partial charge in [0.05, 0.1) is 13.2 Å². The summed E-state index contributed by atoms with van der Waals surface area (Å²) in [7, 11) is 0. The lowest BCUT2D eigenvalue weighted by Gasteiger charge is -2.33. The third-order valence-corrected chi connectivity index (χ3v) is 4.12. The minimum Gasteiger partial charge on any atom is -0.484 e. The van der Waals surface area contributed by atoms with Gasteiger partial charge in [-0.25, -0.2) is 0 Å². The standard InChI is InChI=1S/C18H18ClNO3/c19-16-9-5-4-8-15(16)17-12-20(10-11-22-17)18(21)13-23-14-6-2-1-3-7-14/h1-9,17H,10-13H2. The second kappa shape index (κ2) is 7.49. The van der Waals surface area contributed by atoms with Gasteiger partial charge >= 0.3 is 0 Å². The van der Waals surface area contributed by atoms with Gasteiger partial charge in [-0.15, -0.1) is 0 Å². The molecule has 0 aromatic heterocycles. The second-order valence-corrected chi connectivity index (χ2v) is 5.73. The van der Waals surface area contributed by atoms with Crippen LogP contribution < -0.4 is 4.74 Å². The Labute approximate surface area is 140 Å². The fourth-order valence-electron chi connectivity index (χ4n) is 2.55. The summed E-state index contributed by atoms with van der Waals surface area (Å²) in [6.07, 6.45) is -0.196. The molecule has 0 aliphatic carbocycles. The highest BCUT2D eigenvalue weighted by Gasteiger charge is 2.26. The number of amides is 1. The predicted octanol–water partition coefficient (Wildman–Crippen LogP) is 3.32. The number of morpholine rings is 1. The van der Waals surface area contributed by atoms with Gasteiger partial charge in [-0.2, -0.15) is 0 Å². The number of nitrogens with zero attached hydrogens (tertiary/aromatic N) is 1. The van der Waals surface area contributed by atoms with E-state index in [9.17, 15) is 4.79 Å². The van der Waals surface area contributed by atoms with E-state index in [0.717, 1.165) is 5.56 Å². The maximum absolute atomic E-state index is 12.3. The number of hydrogen-bond donors (Lipinski definition) is 0. The third kappa shape index (κ3) is 4.03. The first kappa shape index (κ1) is 15.8. The Balaban J connectivity index is 1.60. The SMILES string of the molecule is O=C(COc1ccccc1)N1CCOC(c2ccccc2Cl)C1. The molecule has 0 radical (unpaired) electrons. The molecule has 0 N–H and O–H groups in total. The third-order valence-electron chi connectivity index (χ3n) is 3.78. The van der Waals surface area contributed by atoms with Gasteiger partial charge in [-0.05, 0) is 18.2 Å². The summed E-state index contributed by atoms with van der Waals surface area (Å²) >= 11 is 6.22. The lowest BCUT2D eigenvalue weighted by atomic mass is 10.1. The highest BCUT2D eigenvalue weighted by Crippen LogP contribution is 2.28. The molecule has 1 atom stereocenters. The van der Waals surface area contributed by atoms with Crippen molar-refractivity contribution in [1.29, 1.82) is 0 Å². The molecule has 1 aliphatic heterocycles. The second-order valence-electron chi connectivity index (χ2n) is 5.32. The van der Waals surface area contributed by atoms with E-state index >= 15 is 0 Å². The maximum Gasteiger partial charge on any atom is 0.260 e. The Hall–Kier alpha value is -2.04. The summed E-state index contributed by atoms with van der Waals surface area (Å²) in [4.78, 5) is 14.1. The van der Waals surface area contributed by atoms with Gasteiger partial charge in [0.15, 0.2) is 6.61 Å². The number of ether oxygens (including phenoxy) is 2. The van der Waals surface area contributed by atoms with Crippen molar-refractivity contribution in [3.05, 3.63) is 65.2 Å². The van der Waals surface area contributed by atoms with Crippen LogP contribution in [0.1, 0.15) is 11.7 Å². The molecule has 0 saturated carbocycles. The molecule has 2 aromatic rings. The first-order chi connectivity index (χ1) is 11.2. The summed E-state index contributed by atoms with van der Waals surface area (Å²) < 4.78 is 11.3. The molecule has 2 aromatic carbocycles. The van der Waals surface area contributed by atoms with Crippen LogP contribution in [0, 0.1) is 0 Å². The van der Waals surface area contributed by atoms with Crippen molar-refractivity contribution in [3.63, 3.8) is 0 Å². The Morgan fingerprint density at radius 2 is 1.91 bits per heavy atom. The molecule has 23 heavy (non-hydrogen) atoms. The summed E-state index contributed by atoms with van der Waals surface area (Å²) in [5.74, 6) is 0.644. The van der Waals surface area contributed by atoms with Gasteiger partial charge in [0.1, 0.15) is 11.9 Å². The number of para-hydroxylation sites is 1. The summed E-state index contributed by atoms with van der Waals surface area (Å²) in [6.45, 7) is 1.57. The summed E-state index contributed by atoms with van der Waals surface area (Å²) in [5.41, 5.74) is 0.913. The van der Waals surface area contributed by atoms with Crippen molar-refractivity contribution in [2.75, 3.05) is 26.3 Å². The number of halogens is 1. The van der Waals surface area contributed by atoms with Crippen LogP contribution in [-0.2, 0) is 9.53 Å². The van der Waals surface area contributed by atoms with Crippen LogP contribution in [0.3, 0.4) is 0 Å². The van der Waals surface area contributed by atoms with Crippen LogP contribution in [0.25, 0.3) is 0 Å². The molecule has 1 unspecified atom stereocenters. The molecule has 5 heteroatoms. The van der Waals surface area contributed by atoms with Crippen molar-refractivity contribution in [3.8, 4) is 5.75 Å². The molecule has 1 amide bonds. The Morgan fingerprint density at radius 1 is 1.17 bits per heavy atom. The zero-order valence-corrected chi connectivity index (χ0v) is 13.4. The van der Waals surface area contributed by atoms with Crippen LogP contribution in [0.15, 0.2) is 54.6 Å². The lowest BCUT2D eigenvalue weighted by Crippen LogP contribution is -2.44. The van der Waals surface area contributed by atoms with Crippen LogP contribution in [0.4, 0.5) is 0 Å². The summed E-state index contributed by atoms with van der Waals surface area (Å²) in [5, 5.41) is 0.660. The number of benzene rings is 2. The minimum absolute atomic E-state index is 0.0270. The number of carbonyl (C=O) groups excluding carboxylic acids is 1. The molecular weight excluding hydrogens is 314 g/mol. The number of hydrogen-bond acceptors (Lipinski definition) is 3. The molecule has 4 nitrogen and oxygen atoms in total. The molecular formula is C18H18ClNO3. The van der Waals surface area contributed by atoms with E-state index in [2.05, 4.69) is 0 Å². The van der Waals surface area contributed by atoms with Crippen molar-refractivity contribution in [2.24, 2.45) is 0 Å². The quantitative estimate of drug-likeness (QED) is 0.862. The van der Waals surface area contributed by atoms with Crippen molar-refractivity contribution in [2.45, 2.75) is 6.10 Å². The fraction of sp³-hybridized carbons (Fsp3) is 0.278. The molecule has 0 spiro atoms. The van der Waals surface area contributed by atoms with E-state index in [1.54, 1.807) is 4.90 Å². The maximum atomic E-state index is 12.3. The number of rotatable bonds is 4. The molecule has 120 valence electrons. The highest BCUT2D eigenvalue weighted by molar-refractivity contribution is 6.31. The first-order valence-electron chi connectivity index (χ1n) is 7.55. The van der Waals surface area contributed by atoms with Crippen LogP contribution >= 0.6 is 11.6 Å². The minimum atomic E-state index is -0.196. The van der Waals surface area contributed by atoms with Crippen molar-refractivity contribution in [1.82, 2.24) is 4.90 Å². The molecule has 3 rings (SSSR count). The van der Waals surface area contributed by atoms with Gasteiger partial charge < -0.3 is 14.4 Å². The monoisotopic (exact) mass is 331 g/mol. The van der Waals surface area contributed by atoms with Gasteiger partial charge in [-0.3, -0.25) is 4.79 Å². The van der Waals surface area contributed by atoms with Crippen LogP contribution in [0.5, 0.6) is 5.75 Å². The topological polar surface area (TPSA) is 38.8 Å². The van der Waals surface area contributed by atoms with Crippen LogP contribution in [0.2, 0.25) is 5.02 Å². The van der Waals surface area contributed by atoms with E-state index in [0.29, 0.717) is 30.5 Å². The zero-order valence-electron chi connectivity index (χ0n) is 12.7. The average Bonchev–Trinajstić information content (AvgIpc) is 2.61. The Bertz CT molecular complexity index is 662. The van der Waals surface area contributed by atoms with Crippen molar-refractivity contribution >= 4 is 17.5 Å². The van der Waals surface area contributed by atoms with E-state index in [4.69, 9.17) is 21.1 Å². The molecule has 1 aliphatic rings. The highest BCUT2D eigenvalue weighted by atomic mass is 35.5. The van der Waals surface area contributed by atoms with E-state index in [1.165, 1.54) is 0 Å². The smallest absolute Gasteiger partial charge is 0.260 e. The normalized spacial score (nSPS) is 17.8. The molecule has 1 saturated heterocycles. The van der Waals surface area contributed by atoms with E-state index in [1.807, 2.05) is 54.6 Å². The Morgan fingerprint density at radius 3 is 2.70 bits per heavy atom. The molecule has 1 heterocycles. The fourth-order valence-corrected chi connectivity index (χ4v) is 2.81. The predicted molar refractivity (Wildman–Crippen MR) is 88.7 cm³/mol. The number of carbonyl (C=O) groups is 1. The van der Waals surface area contributed by atoms with Gasteiger partial charge in [0, 0.05) is 17.1 Å². The largest absolute Gasteiger partial charge is 0.484 e. The average molecular weight is 332 g/mol.